The average molecular weight is 545 g/mol. The third kappa shape index (κ3) is 7.53. The van der Waals surface area contributed by atoms with Gasteiger partial charge in [-0.2, -0.15) is 18.3 Å². The third-order valence-corrected chi connectivity index (χ3v) is 6.29. The van der Waals surface area contributed by atoms with Gasteiger partial charge >= 0.3 is 6.18 Å². The van der Waals surface area contributed by atoms with E-state index in [1.807, 2.05) is 0 Å². The van der Waals surface area contributed by atoms with E-state index in [0.717, 1.165) is 10.9 Å². The number of amides is 1. The highest BCUT2D eigenvalue weighted by molar-refractivity contribution is 6.06. The average Bonchev–Trinajstić information content (AvgIpc) is 3.32. The van der Waals surface area contributed by atoms with Crippen molar-refractivity contribution in [3.05, 3.63) is 89.0 Å². The Balaban J connectivity index is 1.18. The fourth-order valence-electron chi connectivity index (χ4n) is 4.27. The number of nitrogens with zero attached hydrogens (tertiary/aromatic N) is 4. The Morgan fingerprint density at radius 2 is 1.77 bits per heavy atom. The summed E-state index contributed by atoms with van der Waals surface area (Å²) in [6.45, 7) is 2.91. The van der Waals surface area contributed by atoms with Crippen LogP contribution >= 0.6 is 0 Å². The zero-order valence-electron chi connectivity index (χ0n) is 21.3. The molecule has 1 aromatic heterocycles. The highest BCUT2D eigenvalue weighted by Gasteiger charge is 2.40. The van der Waals surface area contributed by atoms with Gasteiger partial charge in [-0.15, -0.1) is 0 Å². The lowest BCUT2D eigenvalue weighted by molar-refractivity contribution is -0.141. The monoisotopic (exact) mass is 544 g/mol. The summed E-state index contributed by atoms with van der Waals surface area (Å²) in [6, 6.07) is 12.7. The van der Waals surface area contributed by atoms with Crippen LogP contribution in [0.5, 0.6) is 5.75 Å². The summed E-state index contributed by atoms with van der Waals surface area (Å²) in [5.74, 6) is -0.619. The molecule has 1 amide bonds. The first-order valence-electron chi connectivity index (χ1n) is 12.4. The van der Waals surface area contributed by atoms with Gasteiger partial charge in [0.2, 0.25) is 0 Å². The van der Waals surface area contributed by atoms with Crippen molar-refractivity contribution in [2.45, 2.75) is 12.6 Å². The van der Waals surface area contributed by atoms with Crippen LogP contribution in [-0.4, -0.2) is 70.6 Å². The van der Waals surface area contributed by atoms with E-state index in [1.165, 1.54) is 30.2 Å². The van der Waals surface area contributed by atoms with Crippen LogP contribution in [0.3, 0.4) is 0 Å². The Morgan fingerprint density at radius 1 is 1.05 bits per heavy atom. The zero-order chi connectivity index (χ0) is 28.0. The van der Waals surface area contributed by atoms with E-state index in [-0.39, 0.29) is 11.6 Å². The highest BCUT2D eigenvalue weighted by Crippen LogP contribution is 2.31. The number of carbonyl (C=O) groups excluding carboxylic acids is 2. The molecule has 2 heterocycles. The van der Waals surface area contributed by atoms with E-state index in [0.29, 0.717) is 62.6 Å². The van der Waals surface area contributed by atoms with Gasteiger partial charge in [-0.05, 0) is 54.5 Å². The van der Waals surface area contributed by atoms with E-state index in [4.69, 9.17) is 4.74 Å². The molecule has 1 aliphatic heterocycles. The van der Waals surface area contributed by atoms with Crippen molar-refractivity contribution in [1.29, 1.82) is 0 Å². The summed E-state index contributed by atoms with van der Waals surface area (Å²) in [5, 5.41) is 3.41. The lowest BCUT2D eigenvalue weighted by Gasteiger charge is -2.34. The first-order valence-corrected chi connectivity index (χ1v) is 12.4. The first kappa shape index (κ1) is 28.0. The zero-order valence-corrected chi connectivity index (χ0v) is 21.3. The Kier molecular flexibility index (Phi) is 8.80. The summed E-state index contributed by atoms with van der Waals surface area (Å²) in [7, 11) is 1.36. The molecule has 4 rings (SSSR count). The van der Waals surface area contributed by atoms with E-state index >= 15 is 0 Å². The predicted molar refractivity (Wildman–Crippen MR) is 137 cm³/mol. The number of rotatable bonds is 9. The van der Waals surface area contributed by atoms with Gasteiger partial charge in [0.25, 0.3) is 5.91 Å². The fourth-order valence-corrected chi connectivity index (χ4v) is 4.27. The minimum absolute atomic E-state index is 0.207. The van der Waals surface area contributed by atoms with Crippen LogP contribution in [0.4, 0.5) is 17.6 Å². The van der Waals surface area contributed by atoms with Crippen molar-refractivity contribution < 1.29 is 31.9 Å². The molecule has 1 fully saturated rings. The Labute approximate surface area is 223 Å². The molecular weight excluding hydrogens is 516 g/mol. The van der Waals surface area contributed by atoms with Crippen molar-refractivity contribution >= 4 is 17.8 Å². The Morgan fingerprint density at radius 3 is 2.44 bits per heavy atom. The largest absolute Gasteiger partial charge is 0.494 e. The van der Waals surface area contributed by atoms with Crippen LogP contribution < -0.4 is 4.74 Å². The van der Waals surface area contributed by atoms with Crippen LogP contribution in [-0.2, 0) is 13.2 Å². The molecule has 0 unspecified atom stereocenters. The quantitative estimate of drug-likeness (QED) is 0.169. The number of halogens is 4. The van der Waals surface area contributed by atoms with Gasteiger partial charge in [0.15, 0.2) is 11.5 Å². The molecule has 0 saturated carbocycles. The molecule has 0 aliphatic carbocycles. The smallest absolute Gasteiger partial charge is 0.435 e. The number of aromatic nitrogens is 2. The topological polar surface area (TPSA) is 67.7 Å². The van der Waals surface area contributed by atoms with Gasteiger partial charge in [-0.3, -0.25) is 19.2 Å². The van der Waals surface area contributed by atoms with Crippen LogP contribution in [0.2, 0.25) is 0 Å². The maximum absolute atomic E-state index is 13.3. The van der Waals surface area contributed by atoms with Gasteiger partial charge in [0, 0.05) is 51.5 Å². The molecule has 0 N–H and O–H groups in total. The number of piperazine rings is 1. The van der Waals surface area contributed by atoms with Crippen molar-refractivity contribution in [1.82, 2.24) is 19.6 Å². The molecule has 0 radical (unpaired) electrons. The number of carbonyl (C=O) groups is 2. The van der Waals surface area contributed by atoms with Gasteiger partial charge < -0.3 is 9.64 Å². The summed E-state index contributed by atoms with van der Waals surface area (Å²) in [4.78, 5) is 28.6. The molecule has 2 aromatic carbocycles. The van der Waals surface area contributed by atoms with E-state index in [2.05, 4.69) is 10.00 Å². The minimum Gasteiger partial charge on any atom is -0.494 e. The molecule has 39 heavy (non-hydrogen) atoms. The lowest BCUT2D eigenvalue weighted by atomic mass is 10.1. The number of hydrogen-bond acceptors (Lipinski definition) is 5. The number of ether oxygens (including phenoxy) is 1. The second-order valence-corrected chi connectivity index (χ2v) is 9.18. The highest BCUT2D eigenvalue weighted by atomic mass is 19.4. The van der Waals surface area contributed by atoms with Crippen LogP contribution in [0, 0.1) is 5.82 Å². The van der Waals surface area contributed by atoms with Gasteiger partial charge in [0.05, 0.1) is 12.2 Å². The maximum Gasteiger partial charge on any atom is 0.435 e. The van der Waals surface area contributed by atoms with E-state index in [1.54, 1.807) is 42.5 Å². The molecule has 0 atom stereocenters. The van der Waals surface area contributed by atoms with Crippen molar-refractivity contribution in [2.75, 3.05) is 39.3 Å². The molecule has 11 heteroatoms. The summed E-state index contributed by atoms with van der Waals surface area (Å²) >= 11 is 0. The summed E-state index contributed by atoms with van der Waals surface area (Å²) in [5.41, 5.74) is -0.508. The number of ketones is 1. The number of aryl methyl sites for hydroxylation is 1. The van der Waals surface area contributed by atoms with Crippen LogP contribution in [0.25, 0.3) is 6.08 Å². The SMILES string of the molecule is Cn1cc(C(=O)N2CCN(CCCOc3ccc(C(=O)/C=C/c4cccc(F)c4)cc3)CC2)c(C(F)(F)F)n1. The third-order valence-electron chi connectivity index (χ3n) is 6.29. The summed E-state index contributed by atoms with van der Waals surface area (Å²) < 4.78 is 59.6. The van der Waals surface area contributed by atoms with E-state index in [9.17, 15) is 27.2 Å². The fraction of sp³-hybridized carbons (Fsp3) is 0.321. The molecule has 206 valence electrons. The van der Waals surface area contributed by atoms with Crippen molar-refractivity contribution in [3.8, 4) is 5.75 Å². The van der Waals surface area contributed by atoms with Gasteiger partial charge in [-0.1, -0.05) is 18.2 Å². The number of hydrogen-bond donors (Lipinski definition) is 0. The summed E-state index contributed by atoms with van der Waals surface area (Å²) in [6.07, 6.45) is 0.0894. The Bertz CT molecular complexity index is 1330. The molecule has 0 bridgehead atoms. The minimum atomic E-state index is -4.69. The molecule has 1 saturated heterocycles. The molecule has 7 nitrogen and oxygen atoms in total. The predicted octanol–water partition coefficient (Wildman–Crippen LogP) is 4.70. The van der Waals surface area contributed by atoms with Crippen molar-refractivity contribution in [2.24, 2.45) is 7.05 Å². The van der Waals surface area contributed by atoms with Gasteiger partial charge in [-0.25, -0.2) is 4.39 Å². The first-order chi connectivity index (χ1) is 18.6. The lowest BCUT2D eigenvalue weighted by Crippen LogP contribution is -2.49. The molecule has 0 spiro atoms. The van der Waals surface area contributed by atoms with Crippen LogP contribution in [0.15, 0.2) is 60.8 Å². The molecule has 3 aromatic rings. The number of allylic oxidation sites excluding steroid dienone is 1. The van der Waals surface area contributed by atoms with E-state index < -0.39 is 23.3 Å². The number of alkyl halides is 3. The van der Waals surface area contributed by atoms with Crippen LogP contribution in [0.1, 0.15) is 38.4 Å². The maximum atomic E-state index is 13.3. The molecule has 1 aliphatic rings. The number of benzene rings is 2. The van der Waals surface area contributed by atoms with Gasteiger partial charge in [0.1, 0.15) is 11.6 Å². The molecular formula is C28H28F4N4O3. The Hall–Kier alpha value is -3.99. The standard InChI is InChI=1S/C28H28F4N4O3/c1-34-19-24(26(33-34)28(30,31)32)27(38)36-15-13-35(14-16-36)12-3-17-39-23-9-7-21(8-10-23)25(37)11-6-20-4-2-5-22(29)18-20/h2,4-11,18-19H,3,12-17H2,1H3/b11-6+. The van der Waals surface area contributed by atoms with Crippen molar-refractivity contribution in [3.63, 3.8) is 0 Å². The second-order valence-electron chi connectivity index (χ2n) is 9.18. The normalized spacial score (nSPS) is 14.6. The second kappa shape index (κ2) is 12.2.